The van der Waals surface area contributed by atoms with E-state index in [1.165, 1.54) is 12.1 Å². The van der Waals surface area contributed by atoms with Gasteiger partial charge in [-0.05, 0) is 44.5 Å². The maximum absolute atomic E-state index is 3.49. The highest BCUT2D eigenvalue weighted by Gasteiger charge is 2.08. The van der Waals surface area contributed by atoms with Gasteiger partial charge in [0.15, 0.2) is 0 Å². The molecular formula is C15H26N2. The van der Waals surface area contributed by atoms with Crippen LogP contribution in [0.1, 0.15) is 27.2 Å². The SMILES string of the molecule is CCCNCC(C)CN(CC)c1ccccc1. The number of nitrogens with one attached hydrogen (secondary N) is 1. The van der Waals surface area contributed by atoms with Crippen LogP contribution in [0.15, 0.2) is 30.3 Å². The van der Waals surface area contributed by atoms with Crippen molar-refractivity contribution in [3.8, 4) is 0 Å². The Morgan fingerprint density at radius 1 is 1.18 bits per heavy atom. The maximum atomic E-state index is 3.49. The summed E-state index contributed by atoms with van der Waals surface area (Å²) in [5.74, 6) is 0.682. The Labute approximate surface area is 106 Å². The molecule has 0 bridgehead atoms. The molecule has 0 aromatic heterocycles. The van der Waals surface area contributed by atoms with Crippen LogP contribution in [0.25, 0.3) is 0 Å². The zero-order chi connectivity index (χ0) is 12.5. The predicted molar refractivity (Wildman–Crippen MR) is 76.7 cm³/mol. The first-order valence-corrected chi connectivity index (χ1v) is 6.78. The minimum atomic E-state index is 0.682. The van der Waals surface area contributed by atoms with Gasteiger partial charge in [0, 0.05) is 18.8 Å². The Morgan fingerprint density at radius 2 is 1.88 bits per heavy atom. The maximum Gasteiger partial charge on any atom is 0.0366 e. The first-order valence-electron chi connectivity index (χ1n) is 6.78. The molecule has 1 unspecified atom stereocenters. The van der Waals surface area contributed by atoms with Gasteiger partial charge in [0.05, 0.1) is 0 Å². The predicted octanol–water partition coefficient (Wildman–Crippen LogP) is 3.15. The minimum Gasteiger partial charge on any atom is -0.371 e. The smallest absolute Gasteiger partial charge is 0.0366 e. The van der Waals surface area contributed by atoms with Gasteiger partial charge in [-0.1, -0.05) is 32.0 Å². The lowest BCUT2D eigenvalue weighted by Crippen LogP contribution is -2.33. The van der Waals surface area contributed by atoms with Crippen LogP contribution in [0.3, 0.4) is 0 Å². The number of anilines is 1. The highest BCUT2D eigenvalue weighted by molar-refractivity contribution is 5.45. The second-order valence-corrected chi connectivity index (χ2v) is 4.68. The number of benzene rings is 1. The third-order valence-electron chi connectivity index (χ3n) is 2.95. The molecule has 0 saturated heterocycles. The highest BCUT2D eigenvalue weighted by Crippen LogP contribution is 2.14. The summed E-state index contributed by atoms with van der Waals surface area (Å²) in [6, 6.07) is 10.7. The molecule has 1 N–H and O–H groups in total. The number of para-hydroxylation sites is 1. The fraction of sp³-hybridized carbons (Fsp3) is 0.600. The molecule has 0 aliphatic heterocycles. The summed E-state index contributed by atoms with van der Waals surface area (Å²) >= 11 is 0. The molecule has 1 aromatic carbocycles. The van der Waals surface area contributed by atoms with Crippen LogP contribution in [-0.4, -0.2) is 26.2 Å². The van der Waals surface area contributed by atoms with Gasteiger partial charge >= 0.3 is 0 Å². The van der Waals surface area contributed by atoms with Gasteiger partial charge in [-0.15, -0.1) is 0 Å². The number of rotatable bonds is 8. The lowest BCUT2D eigenvalue weighted by atomic mass is 10.1. The van der Waals surface area contributed by atoms with Crippen molar-refractivity contribution in [2.24, 2.45) is 5.92 Å². The van der Waals surface area contributed by atoms with Crippen molar-refractivity contribution in [2.45, 2.75) is 27.2 Å². The lowest BCUT2D eigenvalue weighted by molar-refractivity contribution is 0.506. The van der Waals surface area contributed by atoms with Crippen LogP contribution >= 0.6 is 0 Å². The number of hydrogen-bond donors (Lipinski definition) is 1. The van der Waals surface area contributed by atoms with E-state index in [2.05, 4.69) is 61.3 Å². The molecule has 0 aliphatic carbocycles. The van der Waals surface area contributed by atoms with E-state index in [9.17, 15) is 0 Å². The normalized spacial score (nSPS) is 12.4. The molecule has 2 heteroatoms. The first kappa shape index (κ1) is 14.0. The van der Waals surface area contributed by atoms with Crippen molar-refractivity contribution in [1.29, 1.82) is 0 Å². The largest absolute Gasteiger partial charge is 0.371 e. The van der Waals surface area contributed by atoms with Gasteiger partial charge in [0.25, 0.3) is 0 Å². The lowest BCUT2D eigenvalue weighted by Gasteiger charge is -2.26. The summed E-state index contributed by atoms with van der Waals surface area (Å²) < 4.78 is 0. The second-order valence-electron chi connectivity index (χ2n) is 4.68. The van der Waals surface area contributed by atoms with E-state index in [4.69, 9.17) is 0 Å². The first-order chi connectivity index (χ1) is 8.27. The van der Waals surface area contributed by atoms with Gasteiger partial charge in [-0.2, -0.15) is 0 Å². The van der Waals surface area contributed by atoms with Gasteiger partial charge in [-0.3, -0.25) is 0 Å². The standard InChI is InChI=1S/C15H26N2/c1-4-11-16-12-14(3)13-17(5-2)15-9-7-6-8-10-15/h6-10,14,16H,4-5,11-13H2,1-3H3. The summed E-state index contributed by atoms with van der Waals surface area (Å²) in [5, 5.41) is 3.49. The summed E-state index contributed by atoms with van der Waals surface area (Å²) in [6.45, 7) is 11.2. The highest BCUT2D eigenvalue weighted by atomic mass is 15.1. The quantitative estimate of drug-likeness (QED) is 0.695. The average Bonchev–Trinajstić information content (AvgIpc) is 2.37. The summed E-state index contributed by atoms with van der Waals surface area (Å²) in [5.41, 5.74) is 1.33. The topological polar surface area (TPSA) is 15.3 Å². The van der Waals surface area contributed by atoms with E-state index in [1.54, 1.807) is 0 Å². The molecule has 17 heavy (non-hydrogen) atoms. The van der Waals surface area contributed by atoms with E-state index in [1.807, 2.05) is 0 Å². The molecule has 1 atom stereocenters. The molecule has 1 aromatic rings. The van der Waals surface area contributed by atoms with E-state index < -0.39 is 0 Å². The second kappa shape index (κ2) is 8.13. The van der Waals surface area contributed by atoms with E-state index in [-0.39, 0.29) is 0 Å². The Hall–Kier alpha value is -1.02. The molecule has 0 fully saturated rings. The fourth-order valence-corrected chi connectivity index (χ4v) is 2.02. The van der Waals surface area contributed by atoms with E-state index in [0.29, 0.717) is 5.92 Å². The van der Waals surface area contributed by atoms with Crippen molar-refractivity contribution in [1.82, 2.24) is 5.32 Å². The molecule has 2 nitrogen and oxygen atoms in total. The van der Waals surface area contributed by atoms with Crippen LogP contribution < -0.4 is 10.2 Å². The molecule has 0 radical (unpaired) electrons. The average molecular weight is 234 g/mol. The van der Waals surface area contributed by atoms with Gasteiger partial charge in [-0.25, -0.2) is 0 Å². The fourth-order valence-electron chi connectivity index (χ4n) is 2.02. The summed E-state index contributed by atoms with van der Waals surface area (Å²) in [7, 11) is 0. The van der Waals surface area contributed by atoms with Gasteiger partial charge < -0.3 is 10.2 Å². The molecule has 0 amide bonds. The summed E-state index contributed by atoms with van der Waals surface area (Å²) in [6.07, 6.45) is 1.21. The van der Waals surface area contributed by atoms with Crippen molar-refractivity contribution < 1.29 is 0 Å². The Bertz CT molecular complexity index is 284. The van der Waals surface area contributed by atoms with Gasteiger partial charge in [0.1, 0.15) is 0 Å². The van der Waals surface area contributed by atoms with E-state index in [0.717, 1.165) is 26.2 Å². The minimum absolute atomic E-state index is 0.682. The van der Waals surface area contributed by atoms with Crippen molar-refractivity contribution in [2.75, 3.05) is 31.1 Å². The third kappa shape index (κ3) is 5.22. The van der Waals surface area contributed by atoms with Crippen molar-refractivity contribution in [3.63, 3.8) is 0 Å². The van der Waals surface area contributed by atoms with Crippen LogP contribution in [0.2, 0.25) is 0 Å². The third-order valence-corrected chi connectivity index (χ3v) is 2.95. The molecule has 96 valence electrons. The van der Waals surface area contributed by atoms with E-state index >= 15 is 0 Å². The zero-order valence-electron chi connectivity index (χ0n) is 11.4. The van der Waals surface area contributed by atoms with Crippen molar-refractivity contribution in [3.05, 3.63) is 30.3 Å². The van der Waals surface area contributed by atoms with Crippen LogP contribution in [0.5, 0.6) is 0 Å². The number of nitrogens with zero attached hydrogens (tertiary/aromatic N) is 1. The van der Waals surface area contributed by atoms with Gasteiger partial charge in [0.2, 0.25) is 0 Å². The monoisotopic (exact) mass is 234 g/mol. The molecular weight excluding hydrogens is 208 g/mol. The Balaban J connectivity index is 2.41. The molecule has 1 rings (SSSR count). The molecule has 0 spiro atoms. The Kier molecular flexibility index (Phi) is 6.71. The van der Waals surface area contributed by atoms with Crippen molar-refractivity contribution >= 4 is 5.69 Å². The van der Waals surface area contributed by atoms with Crippen LogP contribution in [-0.2, 0) is 0 Å². The summed E-state index contributed by atoms with van der Waals surface area (Å²) in [4.78, 5) is 2.44. The van der Waals surface area contributed by atoms with Crippen LogP contribution in [0.4, 0.5) is 5.69 Å². The zero-order valence-corrected chi connectivity index (χ0v) is 11.4. The van der Waals surface area contributed by atoms with Crippen LogP contribution in [0, 0.1) is 5.92 Å². The number of hydrogen-bond acceptors (Lipinski definition) is 2. The molecule has 0 aliphatic rings. The Morgan fingerprint density at radius 3 is 2.47 bits per heavy atom. The molecule has 0 heterocycles. The molecule has 0 saturated carbocycles.